The number of unbranched alkanes of at least 4 members (excludes halogenated alkanes) is 31. The van der Waals surface area contributed by atoms with Gasteiger partial charge in [0, 0.05) is 6.42 Å². The minimum atomic E-state index is 1.23. The topological polar surface area (TPSA) is 8.81 Å². The molecule has 1 rings (SSSR count). The largest absolute Gasteiger partial charge is 0.256 e. The Morgan fingerprint density at radius 2 is 0.689 bits per heavy atom. The Kier molecular flexibility index (Phi) is 32.4. The summed E-state index contributed by atoms with van der Waals surface area (Å²) in [6, 6.07) is 0. The smallest absolute Gasteiger partial charge is 0.234 e. The Labute approximate surface area is 285 Å². The van der Waals surface area contributed by atoms with Crippen molar-refractivity contribution in [3.63, 3.8) is 0 Å². The zero-order valence-corrected chi connectivity index (χ0v) is 31.7. The van der Waals surface area contributed by atoms with Crippen molar-refractivity contribution in [3.05, 3.63) is 18.2 Å². The lowest BCUT2D eigenvalue weighted by atomic mass is 10.0. The number of aromatic nitrogens is 2. The summed E-state index contributed by atoms with van der Waals surface area (Å²) in [4.78, 5) is 0. The molecule has 2 nitrogen and oxygen atoms in total. The first kappa shape index (κ1) is 42.2. The molecule has 2 heteroatoms. The van der Waals surface area contributed by atoms with Crippen molar-refractivity contribution < 1.29 is 4.57 Å². The fourth-order valence-electron chi connectivity index (χ4n) is 7.21. The van der Waals surface area contributed by atoms with Gasteiger partial charge < -0.3 is 0 Å². The molecule has 0 aliphatic rings. The minimum Gasteiger partial charge on any atom is -0.234 e. The number of aryl methyl sites for hydroxylation is 2. The molecule has 0 aliphatic carbocycles. The van der Waals surface area contributed by atoms with Crippen molar-refractivity contribution in [3.8, 4) is 0 Å². The second-order valence-electron chi connectivity index (χ2n) is 14.8. The molecule has 0 radical (unpaired) electrons. The average molecular weight is 630 g/mol. The van der Waals surface area contributed by atoms with Crippen LogP contribution in [0.1, 0.15) is 245 Å². The van der Waals surface area contributed by atoms with Crippen LogP contribution >= 0.6 is 0 Å². The van der Waals surface area contributed by atoms with Crippen molar-refractivity contribution in [2.45, 2.75) is 259 Å². The van der Waals surface area contributed by atoms with Gasteiger partial charge in [0.2, 0.25) is 0 Å². The second kappa shape index (κ2) is 34.5. The van der Waals surface area contributed by atoms with E-state index in [-0.39, 0.29) is 0 Å². The first-order valence-electron chi connectivity index (χ1n) is 21.4. The van der Waals surface area contributed by atoms with E-state index in [2.05, 4.69) is 42.3 Å². The molecular weight excluding hydrogens is 544 g/mol. The summed E-state index contributed by atoms with van der Waals surface area (Å²) in [7, 11) is 0. The standard InChI is InChI=1S/C43H85N2/c1-4-7-10-13-15-17-19-21-22-23-24-25-27-29-31-34-37-40-45-42-41-44(43(45)38-35-32-12-9-6-3)39-36-33-30-28-26-20-18-16-14-11-8-5-2/h41-42H,4-40H2,1-3H3/q+1. The van der Waals surface area contributed by atoms with E-state index < -0.39 is 0 Å². The molecule has 45 heavy (non-hydrogen) atoms. The number of nitrogens with zero attached hydrogens (tertiary/aromatic N) is 2. The van der Waals surface area contributed by atoms with Gasteiger partial charge >= 0.3 is 0 Å². The van der Waals surface area contributed by atoms with Crippen LogP contribution in [0.4, 0.5) is 0 Å². The molecule has 0 amide bonds. The summed E-state index contributed by atoms with van der Waals surface area (Å²) in [5.41, 5.74) is 0. The first-order valence-corrected chi connectivity index (χ1v) is 21.4. The highest BCUT2D eigenvalue weighted by Crippen LogP contribution is 2.16. The van der Waals surface area contributed by atoms with Crippen LogP contribution in [0.3, 0.4) is 0 Å². The SMILES string of the molecule is CCCCCCCCCCCCCCCCCCC[n+]1ccn(CCCCCCCCCCCCCC)c1CCCCCCC. The van der Waals surface area contributed by atoms with Crippen molar-refractivity contribution in [1.29, 1.82) is 0 Å². The zero-order chi connectivity index (χ0) is 32.3. The van der Waals surface area contributed by atoms with Crippen molar-refractivity contribution in [2.75, 3.05) is 0 Å². The molecule has 0 saturated heterocycles. The van der Waals surface area contributed by atoms with E-state index in [1.807, 2.05) is 0 Å². The van der Waals surface area contributed by atoms with Gasteiger partial charge in [-0.3, -0.25) is 0 Å². The predicted octanol–water partition coefficient (Wildman–Crippen LogP) is 14.6. The maximum Gasteiger partial charge on any atom is 0.256 e. The van der Waals surface area contributed by atoms with Gasteiger partial charge in [0.1, 0.15) is 12.4 Å². The maximum absolute atomic E-state index is 2.63. The van der Waals surface area contributed by atoms with E-state index in [0.717, 1.165) is 0 Å². The van der Waals surface area contributed by atoms with E-state index in [4.69, 9.17) is 0 Å². The quantitative estimate of drug-likeness (QED) is 0.0511. The molecule has 0 spiro atoms. The summed E-state index contributed by atoms with van der Waals surface area (Å²) >= 11 is 0. The highest BCUT2D eigenvalue weighted by Gasteiger charge is 2.16. The zero-order valence-electron chi connectivity index (χ0n) is 31.7. The van der Waals surface area contributed by atoms with Gasteiger partial charge in [-0.2, -0.15) is 0 Å². The van der Waals surface area contributed by atoms with Gasteiger partial charge in [0.15, 0.2) is 0 Å². The molecule has 0 atom stereocenters. The Morgan fingerprint density at radius 3 is 1.07 bits per heavy atom. The molecule has 0 aromatic carbocycles. The predicted molar refractivity (Wildman–Crippen MR) is 202 cm³/mol. The minimum absolute atomic E-state index is 1.23. The molecule has 0 N–H and O–H groups in total. The lowest BCUT2D eigenvalue weighted by Gasteiger charge is -2.07. The molecule has 266 valence electrons. The summed E-state index contributed by atoms with van der Waals surface area (Å²) < 4.78 is 5.26. The van der Waals surface area contributed by atoms with Crippen LogP contribution in [0.15, 0.2) is 12.4 Å². The normalized spacial score (nSPS) is 11.6. The molecule has 0 aliphatic heterocycles. The van der Waals surface area contributed by atoms with Crippen LogP contribution in [-0.2, 0) is 19.5 Å². The van der Waals surface area contributed by atoms with E-state index in [1.165, 1.54) is 238 Å². The van der Waals surface area contributed by atoms with Gasteiger partial charge in [-0.15, -0.1) is 0 Å². The maximum atomic E-state index is 2.63. The van der Waals surface area contributed by atoms with Gasteiger partial charge in [0.25, 0.3) is 5.82 Å². The van der Waals surface area contributed by atoms with Gasteiger partial charge in [-0.25, -0.2) is 9.13 Å². The Balaban J connectivity index is 2.14. The molecule has 0 saturated carbocycles. The third kappa shape index (κ3) is 26.9. The summed E-state index contributed by atoms with van der Waals surface area (Å²) in [5.74, 6) is 1.62. The summed E-state index contributed by atoms with van der Waals surface area (Å²) in [6.45, 7) is 9.41. The Bertz CT molecular complexity index is 692. The number of hydrogen-bond donors (Lipinski definition) is 0. The van der Waals surface area contributed by atoms with Gasteiger partial charge in [-0.05, 0) is 32.1 Å². The molecule has 1 aromatic rings. The molecule has 1 aromatic heterocycles. The molecule has 0 unspecified atom stereocenters. The first-order chi connectivity index (χ1) is 22.3. The third-order valence-electron chi connectivity index (χ3n) is 10.3. The van der Waals surface area contributed by atoms with Gasteiger partial charge in [0.05, 0.1) is 13.1 Å². The lowest BCUT2D eigenvalue weighted by molar-refractivity contribution is -0.704. The second-order valence-corrected chi connectivity index (χ2v) is 14.8. The third-order valence-corrected chi connectivity index (χ3v) is 10.3. The highest BCUT2D eigenvalue weighted by atomic mass is 15.1. The van der Waals surface area contributed by atoms with E-state index in [9.17, 15) is 0 Å². The van der Waals surface area contributed by atoms with E-state index >= 15 is 0 Å². The average Bonchev–Trinajstić information content (AvgIpc) is 3.43. The van der Waals surface area contributed by atoms with Crippen LogP contribution in [0.5, 0.6) is 0 Å². The molecular formula is C43H85N2+. The van der Waals surface area contributed by atoms with Crippen LogP contribution in [-0.4, -0.2) is 4.57 Å². The number of hydrogen-bond acceptors (Lipinski definition) is 0. The molecule has 1 heterocycles. The fraction of sp³-hybridized carbons (Fsp3) is 0.930. The van der Waals surface area contributed by atoms with E-state index in [1.54, 1.807) is 5.82 Å². The van der Waals surface area contributed by atoms with Crippen molar-refractivity contribution >= 4 is 0 Å². The van der Waals surface area contributed by atoms with Crippen LogP contribution in [0, 0.1) is 0 Å². The molecule has 0 fully saturated rings. The number of rotatable bonds is 37. The number of imidazole rings is 1. The van der Waals surface area contributed by atoms with Crippen LogP contribution in [0.2, 0.25) is 0 Å². The fourth-order valence-corrected chi connectivity index (χ4v) is 7.21. The molecule has 0 bridgehead atoms. The van der Waals surface area contributed by atoms with Crippen LogP contribution in [0.25, 0.3) is 0 Å². The summed E-state index contributed by atoms with van der Waals surface area (Å²) in [6.07, 6.45) is 54.9. The monoisotopic (exact) mass is 630 g/mol. The highest BCUT2D eigenvalue weighted by molar-refractivity contribution is 4.84. The Hall–Kier alpha value is -0.790. The van der Waals surface area contributed by atoms with E-state index in [0.29, 0.717) is 0 Å². The van der Waals surface area contributed by atoms with Crippen molar-refractivity contribution in [1.82, 2.24) is 4.57 Å². The van der Waals surface area contributed by atoms with Gasteiger partial charge in [-0.1, -0.05) is 207 Å². The lowest BCUT2D eigenvalue weighted by Crippen LogP contribution is -2.37. The Morgan fingerprint density at radius 1 is 0.378 bits per heavy atom. The van der Waals surface area contributed by atoms with Crippen LogP contribution < -0.4 is 4.57 Å². The van der Waals surface area contributed by atoms with Crippen molar-refractivity contribution in [2.24, 2.45) is 0 Å². The summed E-state index contributed by atoms with van der Waals surface area (Å²) in [5, 5.41) is 0.